The molecule has 1 aliphatic rings. The van der Waals surface area contributed by atoms with Crippen molar-refractivity contribution >= 4 is 17.1 Å². The van der Waals surface area contributed by atoms with E-state index in [1.807, 2.05) is 11.3 Å². The minimum absolute atomic E-state index is 0.292. The third-order valence-corrected chi connectivity index (χ3v) is 4.72. The molecule has 1 heterocycles. The van der Waals surface area contributed by atoms with Crippen LogP contribution in [0.5, 0.6) is 0 Å². The molecule has 0 aliphatic heterocycles. The van der Waals surface area contributed by atoms with Crippen LogP contribution in [-0.2, 0) is 11.2 Å². The van der Waals surface area contributed by atoms with Crippen molar-refractivity contribution in [3.05, 3.63) is 22.4 Å². The van der Waals surface area contributed by atoms with Gasteiger partial charge >= 0.3 is 0 Å². The summed E-state index contributed by atoms with van der Waals surface area (Å²) in [6, 6.07) is 4.30. The van der Waals surface area contributed by atoms with E-state index in [-0.39, 0.29) is 0 Å². The molecule has 0 bridgehead atoms. The summed E-state index contributed by atoms with van der Waals surface area (Å²) in [5.41, 5.74) is 0. The van der Waals surface area contributed by atoms with Crippen molar-refractivity contribution in [2.24, 2.45) is 5.92 Å². The van der Waals surface area contributed by atoms with Gasteiger partial charge in [-0.15, -0.1) is 11.3 Å². The van der Waals surface area contributed by atoms with E-state index in [1.165, 1.54) is 17.7 Å². The van der Waals surface area contributed by atoms with Gasteiger partial charge < -0.3 is 4.90 Å². The van der Waals surface area contributed by atoms with Crippen LogP contribution in [0.2, 0.25) is 0 Å². The zero-order chi connectivity index (χ0) is 12.8. The van der Waals surface area contributed by atoms with Gasteiger partial charge in [-0.05, 0) is 37.8 Å². The quantitative estimate of drug-likeness (QED) is 0.761. The van der Waals surface area contributed by atoms with Crippen LogP contribution in [-0.4, -0.2) is 30.8 Å². The fraction of sp³-hybridized carbons (Fsp3) is 0.667. The largest absolute Gasteiger partial charge is 0.305 e. The van der Waals surface area contributed by atoms with E-state index in [2.05, 4.69) is 29.5 Å². The number of likely N-dealkylation sites (N-methyl/N-ethyl adjacent to an activating group) is 1. The molecule has 2 nitrogen and oxygen atoms in total. The van der Waals surface area contributed by atoms with Gasteiger partial charge in [0.1, 0.15) is 5.78 Å². The first kappa shape index (κ1) is 13.8. The second-order valence-corrected chi connectivity index (χ2v) is 6.39. The van der Waals surface area contributed by atoms with Crippen LogP contribution >= 0.6 is 11.3 Å². The summed E-state index contributed by atoms with van der Waals surface area (Å²) < 4.78 is 0. The van der Waals surface area contributed by atoms with Crippen molar-refractivity contribution in [1.29, 1.82) is 0 Å². The summed E-state index contributed by atoms with van der Waals surface area (Å²) in [4.78, 5) is 15.7. The Hall–Kier alpha value is -0.670. The number of ketones is 1. The second kappa shape index (κ2) is 7.05. The van der Waals surface area contributed by atoms with E-state index in [0.29, 0.717) is 11.7 Å². The van der Waals surface area contributed by atoms with Gasteiger partial charge in [-0.2, -0.15) is 0 Å². The molecule has 0 radical (unpaired) electrons. The molecule has 0 saturated heterocycles. The van der Waals surface area contributed by atoms with E-state index in [9.17, 15) is 4.79 Å². The van der Waals surface area contributed by atoms with E-state index in [1.54, 1.807) is 0 Å². The first-order valence-corrected chi connectivity index (χ1v) is 7.87. The highest BCUT2D eigenvalue weighted by atomic mass is 32.1. The molecular weight excluding hydrogens is 242 g/mol. The number of carbonyl (C=O) groups is 1. The predicted molar refractivity (Wildman–Crippen MR) is 77.1 cm³/mol. The Morgan fingerprint density at radius 1 is 1.39 bits per heavy atom. The first-order chi connectivity index (χ1) is 8.75. The maximum atomic E-state index is 12.0. The van der Waals surface area contributed by atoms with E-state index in [0.717, 1.165) is 38.8 Å². The van der Waals surface area contributed by atoms with Gasteiger partial charge in [0, 0.05) is 30.3 Å². The van der Waals surface area contributed by atoms with Crippen LogP contribution in [0.25, 0.3) is 0 Å². The normalized spacial score (nSPS) is 21.2. The van der Waals surface area contributed by atoms with Crippen molar-refractivity contribution in [1.82, 2.24) is 4.90 Å². The van der Waals surface area contributed by atoms with Crippen LogP contribution in [0.3, 0.4) is 0 Å². The molecule has 1 fully saturated rings. The smallest absolute Gasteiger partial charge is 0.137 e. The molecule has 0 amide bonds. The summed E-state index contributed by atoms with van der Waals surface area (Å²) in [5.74, 6) is 0.788. The Morgan fingerprint density at radius 2 is 2.28 bits per heavy atom. The molecule has 0 N–H and O–H groups in total. The lowest BCUT2D eigenvalue weighted by Crippen LogP contribution is -2.31. The van der Waals surface area contributed by atoms with E-state index in [4.69, 9.17) is 0 Å². The number of hydrogen-bond donors (Lipinski definition) is 0. The monoisotopic (exact) mass is 265 g/mol. The van der Waals surface area contributed by atoms with Crippen LogP contribution in [0.15, 0.2) is 17.5 Å². The van der Waals surface area contributed by atoms with Crippen molar-refractivity contribution in [2.75, 3.05) is 20.1 Å². The summed E-state index contributed by atoms with van der Waals surface area (Å²) in [7, 11) is 2.14. The lowest BCUT2D eigenvalue weighted by atomic mass is 9.98. The van der Waals surface area contributed by atoms with Crippen LogP contribution in [0.1, 0.15) is 37.0 Å². The Bertz CT molecular complexity index is 361. The lowest BCUT2D eigenvalue weighted by molar-refractivity contribution is -0.123. The van der Waals surface area contributed by atoms with Gasteiger partial charge in [-0.25, -0.2) is 0 Å². The van der Waals surface area contributed by atoms with Gasteiger partial charge in [-0.1, -0.05) is 18.9 Å². The molecular formula is C15H23NOS. The highest BCUT2D eigenvalue weighted by molar-refractivity contribution is 7.09. The minimum Gasteiger partial charge on any atom is -0.305 e. The van der Waals surface area contributed by atoms with Crippen LogP contribution < -0.4 is 0 Å². The Kier molecular flexibility index (Phi) is 5.39. The topological polar surface area (TPSA) is 20.3 Å². The fourth-order valence-corrected chi connectivity index (χ4v) is 3.35. The second-order valence-electron chi connectivity index (χ2n) is 5.35. The fourth-order valence-electron chi connectivity index (χ4n) is 2.65. The number of rotatable bonds is 5. The molecule has 2 rings (SSSR count). The summed E-state index contributed by atoms with van der Waals surface area (Å²) in [6.45, 7) is 2.01. The highest BCUT2D eigenvalue weighted by Gasteiger charge is 2.21. The molecule has 1 aliphatic carbocycles. The Balaban J connectivity index is 1.75. The van der Waals surface area contributed by atoms with Crippen molar-refractivity contribution in [3.8, 4) is 0 Å². The standard InChI is InChI=1S/C15H23NOS/c1-16(10-9-14-7-5-11-18-14)12-13-6-3-2-4-8-15(13)17/h5,7,11,13H,2-4,6,8-10,12H2,1H3. The predicted octanol–water partition coefficient (Wildman–Crippen LogP) is 3.37. The van der Waals surface area contributed by atoms with Gasteiger partial charge in [0.2, 0.25) is 0 Å². The van der Waals surface area contributed by atoms with Crippen molar-refractivity contribution in [2.45, 2.75) is 38.5 Å². The lowest BCUT2D eigenvalue weighted by Gasteiger charge is -2.21. The Morgan fingerprint density at radius 3 is 3.06 bits per heavy atom. The number of Topliss-reactive ketones (excluding diaryl/α,β-unsaturated/α-hetero) is 1. The first-order valence-electron chi connectivity index (χ1n) is 6.99. The molecule has 3 heteroatoms. The molecule has 0 spiro atoms. The average Bonchev–Trinajstić information content (AvgIpc) is 2.80. The van der Waals surface area contributed by atoms with Crippen LogP contribution in [0.4, 0.5) is 0 Å². The molecule has 100 valence electrons. The number of thiophene rings is 1. The minimum atomic E-state index is 0.292. The van der Waals surface area contributed by atoms with Gasteiger partial charge in [0.15, 0.2) is 0 Å². The van der Waals surface area contributed by atoms with E-state index >= 15 is 0 Å². The van der Waals surface area contributed by atoms with Crippen LogP contribution in [0, 0.1) is 5.92 Å². The summed E-state index contributed by atoms with van der Waals surface area (Å²) >= 11 is 1.82. The van der Waals surface area contributed by atoms with Gasteiger partial charge in [0.25, 0.3) is 0 Å². The Labute approximate surface area is 114 Å². The summed E-state index contributed by atoms with van der Waals surface area (Å²) in [6.07, 6.45) is 6.59. The van der Waals surface area contributed by atoms with Crippen molar-refractivity contribution < 1.29 is 4.79 Å². The zero-order valence-electron chi connectivity index (χ0n) is 11.2. The highest BCUT2D eigenvalue weighted by Crippen LogP contribution is 2.21. The van der Waals surface area contributed by atoms with Gasteiger partial charge in [-0.3, -0.25) is 4.79 Å². The SMILES string of the molecule is CN(CCc1cccs1)CC1CCCCCC1=O. The summed E-state index contributed by atoms with van der Waals surface area (Å²) in [5, 5.41) is 2.13. The third-order valence-electron chi connectivity index (χ3n) is 3.78. The number of carbonyl (C=O) groups excluding carboxylic acids is 1. The zero-order valence-corrected chi connectivity index (χ0v) is 12.0. The maximum absolute atomic E-state index is 12.0. The molecule has 1 aromatic heterocycles. The average molecular weight is 265 g/mol. The maximum Gasteiger partial charge on any atom is 0.137 e. The molecule has 1 unspecified atom stereocenters. The van der Waals surface area contributed by atoms with E-state index < -0.39 is 0 Å². The van der Waals surface area contributed by atoms with Gasteiger partial charge in [0.05, 0.1) is 0 Å². The van der Waals surface area contributed by atoms with Crippen molar-refractivity contribution in [3.63, 3.8) is 0 Å². The molecule has 1 atom stereocenters. The molecule has 0 aromatic carbocycles. The number of hydrogen-bond acceptors (Lipinski definition) is 3. The molecule has 1 aromatic rings. The molecule has 18 heavy (non-hydrogen) atoms. The third kappa shape index (κ3) is 4.21. The molecule has 1 saturated carbocycles. The number of nitrogens with zero attached hydrogens (tertiary/aromatic N) is 1.